The first-order valence-electron chi connectivity index (χ1n) is 8.96. The number of benzene rings is 1. The first kappa shape index (κ1) is 15.1. The highest BCUT2D eigenvalue weighted by Gasteiger charge is 2.31. The molecule has 2 aliphatic rings. The van der Waals surface area contributed by atoms with Crippen molar-refractivity contribution in [2.45, 2.75) is 44.2 Å². The lowest BCUT2D eigenvalue weighted by Gasteiger charge is -2.24. The fourth-order valence-electron chi connectivity index (χ4n) is 3.74. The fraction of sp³-hybridized carbons (Fsp3) is 0.421. The van der Waals surface area contributed by atoms with Gasteiger partial charge in [0.05, 0.1) is 18.3 Å². The summed E-state index contributed by atoms with van der Waals surface area (Å²) in [5, 5.41) is 11.8. The molecule has 0 radical (unpaired) electrons. The molecule has 6 heteroatoms. The molecule has 5 rings (SSSR count). The Morgan fingerprint density at radius 2 is 2.16 bits per heavy atom. The molecule has 1 saturated carbocycles. The summed E-state index contributed by atoms with van der Waals surface area (Å²) in [4.78, 5) is 15.0. The summed E-state index contributed by atoms with van der Waals surface area (Å²) in [6, 6.07) is 8.31. The van der Waals surface area contributed by atoms with Gasteiger partial charge >= 0.3 is 0 Å². The molecule has 0 unspecified atom stereocenters. The van der Waals surface area contributed by atoms with Crippen LogP contribution in [0.3, 0.4) is 0 Å². The maximum Gasteiger partial charge on any atom is 0.254 e. The Labute approximate surface area is 150 Å². The number of nitrogens with zero attached hydrogens (tertiary/aromatic N) is 4. The van der Waals surface area contributed by atoms with E-state index in [1.54, 1.807) is 11.3 Å². The maximum atomic E-state index is 13.0. The first-order chi connectivity index (χ1) is 12.3. The van der Waals surface area contributed by atoms with E-state index >= 15 is 0 Å². The Bertz CT molecular complexity index is 926. The molecule has 1 amide bonds. The second kappa shape index (κ2) is 5.95. The van der Waals surface area contributed by atoms with E-state index in [4.69, 9.17) is 0 Å². The van der Waals surface area contributed by atoms with Crippen LogP contribution in [0.2, 0.25) is 0 Å². The van der Waals surface area contributed by atoms with Gasteiger partial charge in [-0.2, -0.15) is 0 Å². The predicted molar refractivity (Wildman–Crippen MR) is 97.9 cm³/mol. The van der Waals surface area contributed by atoms with E-state index in [1.165, 1.54) is 17.5 Å². The molecule has 5 nitrogen and oxygen atoms in total. The largest absolute Gasteiger partial charge is 0.334 e. The summed E-state index contributed by atoms with van der Waals surface area (Å²) in [6.07, 6.45) is 6.62. The number of carbonyl (C=O) groups is 1. The topological polar surface area (TPSA) is 51.0 Å². The molecule has 25 heavy (non-hydrogen) atoms. The van der Waals surface area contributed by atoms with Crippen molar-refractivity contribution in [2.24, 2.45) is 0 Å². The number of amides is 1. The third kappa shape index (κ3) is 2.84. The molecule has 128 valence electrons. The van der Waals surface area contributed by atoms with E-state index in [-0.39, 0.29) is 11.9 Å². The van der Waals surface area contributed by atoms with Gasteiger partial charge in [-0.15, -0.1) is 16.4 Å². The van der Waals surface area contributed by atoms with Crippen LogP contribution in [0.4, 0.5) is 0 Å². The quantitative estimate of drug-likeness (QED) is 0.720. The Hall–Kier alpha value is -2.21. The highest BCUT2D eigenvalue weighted by atomic mass is 32.1. The number of thiophene rings is 1. The first-order valence-corrected chi connectivity index (χ1v) is 9.84. The van der Waals surface area contributed by atoms with Gasteiger partial charge < -0.3 is 4.90 Å². The van der Waals surface area contributed by atoms with Gasteiger partial charge in [0, 0.05) is 28.9 Å². The summed E-state index contributed by atoms with van der Waals surface area (Å²) < 4.78 is 3.15. The molecule has 3 aromatic rings. The zero-order valence-corrected chi connectivity index (χ0v) is 14.8. The van der Waals surface area contributed by atoms with Gasteiger partial charge in [-0.3, -0.25) is 9.48 Å². The van der Waals surface area contributed by atoms with E-state index in [0.717, 1.165) is 42.6 Å². The van der Waals surface area contributed by atoms with Crippen molar-refractivity contribution in [3.63, 3.8) is 0 Å². The Morgan fingerprint density at radius 1 is 1.24 bits per heavy atom. The number of likely N-dealkylation sites (tertiary alicyclic amines) is 1. The zero-order chi connectivity index (χ0) is 16.8. The summed E-state index contributed by atoms with van der Waals surface area (Å²) in [6.45, 7) is 1.57. The number of aromatic nitrogens is 3. The number of fused-ring (bicyclic) bond motifs is 1. The lowest BCUT2D eigenvalue weighted by atomic mass is 10.1. The van der Waals surface area contributed by atoms with Crippen LogP contribution in [0, 0.1) is 0 Å². The van der Waals surface area contributed by atoms with Crippen molar-refractivity contribution < 1.29 is 4.79 Å². The van der Waals surface area contributed by atoms with Crippen LogP contribution in [-0.2, 0) is 6.54 Å². The van der Waals surface area contributed by atoms with Gasteiger partial charge in [0.15, 0.2) is 0 Å². The third-order valence-corrected chi connectivity index (χ3v) is 6.19. The number of hydrogen-bond donors (Lipinski definition) is 0. The second-order valence-electron chi connectivity index (χ2n) is 7.11. The van der Waals surface area contributed by atoms with Gasteiger partial charge in [-0.1, -0.05) is 5.21 Å². The molecular weight excluding hydrogens is 332 g/mol. The molecule has 1 atom stereocenters. The van der Waals surface area contributed by atoms with Crippen LogP contribution in [0.15, 0.2) is 35.8 Å². The summed E-state index contributed by atoms with van der Waals surface area (Å²) >= 11 is 1.71. The van der Waals surface area contributed by atoms with Crippen LogP contribution in [0.5, 0.6) is 0 Å². The SMILES string of the molecule is O=C(c1ccc2sccc2c1)N1CCC[C@H]1Cn1cc(C2CC2)nn1. The van der Waals surface area contributed by atoms with Crippen molar-refractivity contribution in [3.8, 4) is 0 Å². The van der Waals surface area contributed by atoms with E-state index in [0.29, 0.717) is 5.92 Å². The lowest BCUT2D eigenvalue weighted by molar-refractivity contribution is 0.0721. The molecular formula is C19H20N4OS. The fourth-order valence-corrected chi connectivity index (χ4v) is 4.51. The standard InChI is InChI=1S/C19H20N4OS/c24-19(15-5-6-18-14(10-15)7-9-25-18)23-8-1-2-16(23)11-22-12-17(20-21-22)13-3-4-13/h5-7,9-10,12-13,16H,1-4,8,11H2/t16-/m0/s1. The van der Waals surface area contributed by atoms with E-state index < -0.39 is 0 Å². The Kier molecular flexibility index (Phi) is 3.59. The molecule has 1 aliphatic heterocycles. The highest BCUT2D eigenvalue weighted by molar-refractivity contribution is 7.17. The Morgan fingerprint density at radius 3 is 3.04 bits per heavy atom. The average Bonchev–Trinajstić information content (AvgIpc) is 3.03. The molecule has 2 aromatic heterocycles. The van der Waals surface area contributed by atoms with Crippen LogP contribution < -0.4 is 0 Å². The molecule has 0 spiro atoms. The minimum Gasteiger partial charge on any atom is -0.334 e. The number of hydrogen-bond acceptors (Lipinski definition) is 4. The molecule has 1 saturated heterocycles. The molecule has 0 N–H and O–H groups in total. The van der Waals surface area contributed by atoms with Crippen molar-refractivity contribution >= 4 is 27.3 Å². The van der Waals surface area contributed by atoms with Gasteiger partial charge in [0.2, 0.25) is 0 Å². The molecule has 3 heterocycles. The average molecular weight is 352 g/mol. The third-order valence-electron chi connectivity index (χ3n) is 5.29. The van der Waals surface area contributed by atoms with Gasteiger partial charge in [-0.05, 0) is 60.7 Å². The highest BCUT2D eigenvalue weighted by Crippen LogP contribution is 2.38. The van der Waals surface area contributed by atoms with Crippen LogP contribution in [0.25, 0.3) is 10.1 Å². The Balaban J connectivity index is 1.34. The summed E-state index contributed by atoms with van der Waals surface area (Å²) in [7, 11) is 0. The predicted octanol–water partition coefficient (Wildman–Crippen LogP) is 3.68. The zero-order valence-electron chi connectivity index (χ0n) is 14.0. The smallest absolute Gasteiger partial charge is 0.254 e. The summed E-state index contributed by atoms with van der Waals surface area (Å²) in [5.41, 5.74) is 1.90. The van der Waals surface area contributed by atoms with Gasteiger partial charge in [0.25, 0.3) is 5.91 Å². The van der Waals surface area contributed by atoms with E-state index in [2.05, 4.69) is 34.0 Å². The number of rotatable bonds is 4. The molecule has 1 aliphatic carbocycles. The van der Waals surface area contributed by atoms with E-state index in [1.807, 2.05) is 21.7 Å². The minimum absolute atomic E-state index is 0.137. The molecule has 2 fully saturated rings. The molecule has 0 bridgehead atoms. The van der Waals surface area contributed by atoms with Crippen LogP contribution in [-0.4, -0.2) is 38.4 Å². The minimum atomic E-state index is 0.137. The van der Waals surface area contributed by atoms with Gasteiger partial charge in [0.1, 0.15) is 0 Å². The molecule has 1 aromatic carbocycles. The van der Waals surface area contributed by atoms with Gasteiger partial charge in [-0.25, -0.2) is 0 Å². The van der Waals surface area contributed by atoms with E-state index in [9.17, 15) is 4.79 Å². The maximum absolute atomic E-state index is 13.0. The van der Waals surface area contributed by atoms with Crippen molar-refractivity contribution in [1.82, 2.24) is 19.9 Å². The van der Waals surface area contributed by atoms with Crippen LogP contribution in [0.1, 0.15) is 47.7 Å². The lowest BCUT2D eigenvalue weighted by Crippen LogP contribution is -2.38. The van der Waals surface area contributed by atoms with Crippen molar-refractivity contribution in [1.29, 1.82) is 0 Å². The van der Waals surface area contributed by atoms with Crippen molar-refractivity contribution in [2.75, 3.05) is 6.54 Å². The number of carbonyl (C=O) groups excluding carboxylic acids is 1. The summed E-state index contributed by atoms with van der Waals surface area (Å²) in [5.74, 6) is 0.755. The van der Waals surface area contributed by atoms with Crippen molar-refractivity contribution in [3.05, 3.63) is 47.1 Å². The normalized spacial score (nSPS) is 20.5. The second-order valence-corrected chi connectivity index (χ2v) is 8.06. The van der Waals surface area contributed by atoms with Crippen LogP contribution >= 0.6 is 11.3 Å². The monoisotopic (exact) mass is 352 g/mol.